The van der Waals surface area contributed by atoms with Crippen LogP contribution >= 0.6 is 11.8 Å². The third-order valence-electron chi connectivity index (χ3n) is 2.56. The molecule has 0 saturated carbocycles. The van der Waals surface area contributed by atoms with Crippen LogP contribution in [0.15, 0.2) is 12.1 Å². The molecule has 0 aliphatic rings. The highest BCUT2D eigenvalue weighted by atomic mass is 32.2. The molecule has 0 aliphatic carbocycles. The highest BCUT2D eigenvalue weighted by molar-refractivity contribution is 7.98. The molecule has 4 N–H and O–H groups in total. The van der Waals surface area contributed by atoms with Crippen LogP contribution in [0.5, 0.6) is 0 Å². The van der Waals surface area contributed by atoms with Crippen molar-refractivity contribution in [2.75, 3.05) is 23.1 Å². The van der Waals surface area contributed by atoms with Gasteiger partial charge in [-0.2, -0.15) is 11.8 Å². The van der Waals surface area contributed by atoms with Crippen molar-refractivity contribution < 1.29 is 14.3 Å². The quantitative estimate of drug-likeness (QED) is 0.694. The maximum absolute atomic E-state index is 13.2. The second-order valence-corrected chi connectivity index (χ2v) is 5.00. The van der Waals surface area contributed by atoms with E-state index in [-0.39, 0.29) is 17.3 Å². The molecule has 0 radical (unpaired) electrons. The maximum atomic E-state index is 13.2. The standard InChI is InChI=1S/C12H17FN2O2S/c1-7(5-6-18-2)15-9-4-3-8(13)11(14)10(9)12(16)17/h3-4,7,15H,5-6,14H2,1-2H3,(H,16,17). The van der Waals surface area contributed by atoms with E-state index in [1.165, 1.54) is 12.1 Å². The summed E-state index contributed by atoms with van der Waals surface area (Å²) in [5, 5.41) is 12.1. The van der Waals surface area contributed by atoms with Crippen LogP contribution in [0.1, 0.15) is 23.7 Å². The van der Waals surface area contributed by atoms with E-state index in [0.29, 0.717) is 5.69 Å². The fourth-order valence-electron chi connectivity index (χ4n) is 1.58. The second-order valence-electron chi connectivity index (χ2n) is 4.02. The third kappa shape index (κ3) is 3.53. The van der Waals surface area contributed by atoms with Gasteiger partial charge in [-0.1, -0.05) is 0 Å². The van der Waals surface area contributed by atoms with Crippen LogP contribution in [0.3, 0.4) is 0 Å². The fraction of sp³-hybridized carbons (Fsp3) is 0.417. The number of carbonyl (C=O) groups is 1. The smallest absolute Gasteiger partial charge is 0.340 e. The number of nitrogen functional groups attached to an aromatic ring is 1. The summed E-state index contributed by atoms with van der Waals surface area (Å²) in [6.07, 6.45) is 2.89. The highest BCUT2D eigenvalue weighted by Crippen LogP contribution is 2.26. The monoisotopic (exact) mass is 272 g/mol. The van der Waals surface area contributed by atoms with E-state index in [4.69, 9.17) is 10.8 Å². The van der Waals surface area contributed by atoms with Crippen LogP contribution in [0.25, 0.3) is 0 Å². The van der Waals surface area contributed by atoms with Crippen molar-refractivity contribution in [3.63, 3.8) is 0 Å². The predicted molar refractivity (Wildman–Crippen MR) is 73.9 cm³/mol. The average Bonchev–Trinajstić information content (AvgIpc) is 2.31. The van der Waals surface area contributed by atoms with Crippen LogP contribution in [0, 0.1) is 5.82 Å². The van der Waals surface area contributed by atoms with E-state index < -0.39 is 11.8 Å². The Morgan fingerprint density at radius 2 is 2.28 bits per heavy atom. The first-order chi connectivity index (χ1) is 8.47. The summed E-state index contributed by atoms with van der Waals surface area (Å²) in [7, 11) is 0. The number of anilines is 2. The number of hydrogen-bond donors (Lipinski definition) is 3. The van der Waals surface area contributed by atoms with Crippen LogP contribution in [0.2, 0.25) is 0 Å². The van der Waals surface area contributed by atoms with E-state index in [1.807, 2.05) is 13.2 Å². The van der Waals surface area contributed by atoms with Crippen LogP contribution in [-0.2, 0) is 0 Å². The first-order valence-electron chi connectivity index (χ1n) is 5.54. The number of carboxylic acids is 1. The van der Waals surface area contributed by atoms with Gasteiger partial charge in [-0.3, -0.25) is 0 Å². The lowest BCUT2D eigenvalue weighted by Gasteiger charge is -2.17. The number of halogens is 1. The summed E-state index contributed by atoms with van der Waals surface area (Å²) in [6, 6.07) is 2.68. The van der Waals surface area contributed by atoms with Crippen LogP contribution in [0.4, 0.5) is 15.8 Å². The molecule has 0 heterocycles. The molecule has 0 bridgehead atoms. The topological polar surface area (TPSA) is 75.3 Å². The lowest BCUT2D eigenvalue weighted by atomic mass is 10.1. The third-order valence-corrected chi connectivity index (χ3v) is 3.21. The highest BCUT2D eigenvalue weighted by Gasteiger charge is 2.18. The Hall–Kier alpha value is -1.43. The molecule has 0 aliphatic heterocycles. The van der Waals surface area contributed by atoms with Gasteiger partial charge in [-0.15, -0.1) is 0 Å². The zero-order valence-corrected chi connectivity index (χ0v) is 11.2. The number of thioether (sulfide) groups is 1. The van der Waals surface area contributed by atoms with Gasteiger partial charge in [-0.05, 0) is 37.5 Å². The van der Waals surface area contributed by atoms with Gasteiger partial charge < -0.3 is 16.2 Å². The van der Waals surface area contributed by atoms with Crippen molar-refractivity contribution in [3.8, 4) is 0 Å². The van der Waals surface area contributed by atoms with Gasteiger partial charge >= 0.3 is 5.97 Å². The van der Waals surface area contributed by atoms with Crippen molar-refractivity contribution in [1.82, 2.24) is 0 Å². The Balaban J connectivity index is 2.95. The fourth-order valence-corrected chi connectivity index (χ4v) is 2.17. The van der Waals surface area contributed by atoms with Gasteiger partial charge in [0.15, 0.2) is 0 Å². The summed E-state index contributed by atoms with van der Waals surface area (Å²) in [6.45, 7) is 1.95. The molecule has 1 aromatic carbocycles. The lowest BCUT2D eigenvalue weighted by Crippen LogP contribution is -2.19. The van der Waals surface area contributed by atoms with Crippen molar-refractivity contribution in [2.24, 2.45) is 0 Å². The average molecular weight is 272 g/mol. The van der Waals surface area contributed by atoms with Crippen molar-refractivity contribution in [2.45, 2.75) is 19.4 Å². The molecule has 0 spiro atoms. The summed E-state index contributed by atoms with van der Waals surface area (Å²) >= 11 is 1.72. The lowest BCUT2D eigenvalue weighted by molar-refractivity contribution is 0.0698. The molecule has 0 saturated heterocycles. The van der Waals surface area contributed by atoms with Crippen LogP contribution < -0.4 is 11.1 Å². The first kappa shape index (κ1) is 14.6. The molecule has 0 fully saturated rings. The molecule has 1 atom stereocenters. The molecule has 18 heavy (non-hydrogen) atoms. The first-order valence-corrected chi connectivity index (χ1v) is 6.93. The molecular formula is C12H17FN2O2S. The van der Waals surface area contributed by atoms with E-state index in [0.717, 1.165) is 12.2 Å². The van der Waals surface area contributed by atoms with E-state index in [1.54, 1.807) is 11.8 Å². The Morgan fingerprint density at radius 3 is 2.83 bits per heavy atom. The molecule has 100 valence electrons. The molecule has 6 heteroatoms. The van der Waals surface area contributed by atoms with Gasteiger partial charge in [0.25, 0.3) is 0 Å². The van der Waals surface area contributed by atoms with Gasteiger partial charge in [0.1, 0.15) is 11.4 Å². The Morgan fingerprint density at radius 1 is 1.61 bits per heavy atom. The number of hydrogen-bond acceptors (Lipinski definition) is 4. The summed E-state index contributed by atoms with van der Waals surface area (Å²) < 4.78 is 13.2. The van der Waals surface area contributed by atoms with Crippen LogP contribution in [-0.4, -0.2) is 29.1 Å². The maximum Gasteiger partial charge on any atom is 0.340 e. The van der Waals surface area contributed by atoms with Gasteiger partial charge in [0, 0.05) is 6.04 Å². The largest absolute Gasteiger partial charge is 0.478 e. The Bertz CT molecular complexity index is 440. The number of benzene rings is 1. The molecule has 1 rings (SSSR count). The number of nitrogens with one attached hydrogen (secondary N) is 1. The minimum absolute atomic E-state index is 0.0976. The minimum atomic E-state index is -1.23. The molecule has 0 aromatic heterocycles. The van der Waals surface area contributed by atoms with Gasteiger partial charge in [0.05, 0.1) is 11.4 Å². The normalized spacial score (nSPS) is 12.2. The van der Waals surface area contributed by atoms with Crippen molar-refractivity contribution in [1.29, 1.82) is 0 Å². The number of aromatic carboxylic acids is 1. The molecule has 4 nitrogen and oxygen atoms in total. The van der Waals surface area contributed by atoms with Crippen molar-refractivity contribution in [3.05, 3.63) is 23.5 Å². The number of rotatable bonds is 6. The zero-order chi connectivity index (χ0) is 13.7. The zero-order valence-electron chi connectivity index (χ0n) is 10.4. The predicted octanol–water partition coefficient (Wildman–Crippen LogP) is 2.66. The van der Waals surface area contributed by atoms with Gasteiger partial charge in [-0.25, -0.2) is 9.18 Å². The van der Waals surface area contributed by atoms with E-state index in [9.17, 15) is 9.18 Å². The molecular weight excluding hydrogens is 255 g/mol. The molecule has 1 unspecified atom stereocenters. The molecule has 0 amide bonds. The summed E-state index contributed by atoms with van der Waals surface area (Å²) in [4.78, 5) is 11.1. The summed E-state index contributed by atoms with van der Waals surface area (Å²) in [5.74, 6) is -0.978. The van der Waals surface area contributed by atoms with Gasteiger partial charge in [0.2, 0.25) is 0 Å². The minimum Gasteiger partial charge on any atom is -0.478 e. The van der Waals surface area contributed by atoms with Crippen molar-refractivity contribution >= 4 is 29.1 Å². The Kier molecular flexibility index (Phi) is 5.27. The van der Waals surface area contributed by atoms with E-state index >= 15 is 0 Å². The molecule has 1 aromatic rings. The summed E-state index contributed by atoms with van der Waals surface area (Å²) in [5.41, 5.74) is 5.28. The number of carboxylic acid groups (broad SMARTS) is 1. The SMILES string of the molecule is CSCCC(C)Nc1ccc(F)c(N)c1C(=O)O. The second kappa shape index (κ2) is 6.49. The number of nitrogens with two attached hydrogens (primary N) is 1. The van der Waals surface area contributed by atoms with E-state index in [2.05, 4.69) is 5.32 Å². The Labute approximate surface area is 110 Å².